The van der Waals surface area contributed by atoms with E-state index in [4.69, 9.17) is 4.74 Å². The van der Waals surface area contributed by atoms with E-state index in [1.807, 2.05) is 31.2 Å². The number of fused-ring (bicyclic) bond motifs is 1. The molecule has 1 unspecified atom stereocenters. The van der Waals surface area contributed by atoms with Crippen LogP contribution in [0.2, 0.25) is 0 Å². The van der Waals surface area contributed by atoms with E-state index in [-0.39, 0.29) is 12.1 Å². The van der Waals surface area contributed by atoms with Crippen molar-refractivity contribution in [1.82, 2.24) is 15.6 Å². The van der Waals surface area contributed by atoms with E-state index in [0.29, 0.717) is 6.54 Å². The van der Waals surface area contributed by atoms with Crippen molar-refractivity contribution >= 4 is 6.03 Å². The number of amides is 2. The summed E-state index contributed by atoms with van der Waals surface area (Å²) in [6, 6.07) is 10.0. The van der Waals surface area contributed by atoms with Crippen LogP contribution < -0.4 is 15.4 Å². The molecule has 0 aliphatic heterocycles. The minimum absolute atomic E-state index is 0.125. The summed E-state index contributed by atoms with van der Waals surface area (Å²) in [5, 5.41) is 6.05. The van der Waals surface area contributed by atoms with E-state index in [2.05, 4.69) is 21.7 Å². The van der Waals surface area contributed by atoms with Crippen LogP contribution in [0.25, 0.3) is 0 Å². The second kappa shape index (κ2) is 8.01. The Kier molecular flexibility index (Phi) is 5.53. The number of nitrogens with zero attached hydrogens (tertiary/aromatic N) is 1. The molecule has 3 rings (SSSR count). The van der Waals surface area contributed by atoms with E-state index < -0.39 is 0 Å². The van der Waals surface area contributed by atoms with Crippen molar-refractivity contribution in [2.75, 3.05) is 7.11 Å². The molecule has 0 bridgehead atoms. The van der Waals surface area contributed by atoms with Crippen LogP contribution in [0.1, 0.15) is 35.2 Å². The first-order valence-corrected chi connectivity index (χ1v) is 8.77. The highest BCUT2D eigenvalue weighted by Gasteiger charge is 2.20. The van der Waals surface area contributed by atoms with Gasteiger partial charge in [0.1, 0.15) is 5.75 Å². The number of benzene rings is 1. The Hall–Kier alpha value is -2.56. The molecule has 1 aromatic carbocycles. The van der Waals surface area contributed by atoms with Gasteiger partial charge in [-0.25, -0.2) is 4.79 Å². The van der Waals surface area contributed by atoms with Gasteiger partial charge in [0.15, 0.2) is 0 Å². The summed E-state index contributed by atoms with van der Waals surface area (Å²) >= 11 is 0. The van der Waals surface area contributed by atoms with Crippen LogP contribution in [0, 0.1) is 6.92 Å². The van der Waals surface area contributed by atoms with Gasteiger partial charge in [0.05, 0.1) is 7.11 Å². The third-order valence-electron chi connectivity index (χ3n) is 4.79. The monoisotopic (exact) mass is 339 g/mol. The number of aromatic nitrogens is 1. The van der Waals surface area contributed by atoms with E-state index in [0.717, 1.165) is 42.7 Å². The van der Waals surface area contributed by atoms with Gasteiger partial charge in [-0.3, -0.25) is 4.98 Å². The molecular weight excluding hydrogens is 314 g/mol. The first-order chi connectivity index (χ1) is 12.2. The van der Waals surface area contributed by atoms with Gasteiger partial charge in [0, 0.05) is 24.5 Å². The minimum atomic E-state index is -0.125. The lowest BCUT2D eigenvalue weighted by molar-refractivity contribution is 0.235. The summed E-state index contributed by atoms with van der Waals surface area (Å²) in [5.74, 6) is 0.953. The number of nitrogens with one attached hydrogen (secondary N) is 2. The lowest BCUT2D eigenvalue weighted by atomic mass is 10.0. The van der Waals surface area contributed by atoms with E-state index >= 15 is 0 Å². The second-order valence-corrected chi connectivity index (χ2v) is 6.47. The smallest absolute Gasteiger partial charge is 0.315 e. The number of pyridine rings is 1. The predicted molar refractivity (Wildman–Crippen MR) is 97.8 cm³/mol. The van der Waals surface area contributed by atoms with Gasteiger partial charge in [0.2, 0.25) is 0 Å². The molecule has 2 N–H and O–H groups in total. The third-order valence-corrected chi connectivity index (χ3v) is 4.79. The molecule has 0 radical (unpaired) electrons. The molecule has 25 heavy (non-hydrogen) atoms. The molecule has 2 aromatic rings. The van der Waals surface area contributed by atoms with Crippen molar-refractivity contribution in [3.05, 3.63) is 58.9 Å². The number of methoxy groups -OCH3 is 1. The highest BCUT2D eigenvalue weighted by molar-refractivity contribution is 5.74. The summed E-state index contributed by atoms with van der Waals surface area (Å²) < 4.78 is 5.48. The SMILES string of the molecule is COc1cccc2c1CCCC(NC(=O)NCc1cccnc1C)C2. The predicted octanol–water partition coefficient (Wildman–Crippen LogP) is 3.15. The Morgan fingerprint density at radius 1 is 1.32 bits per heavy atom. The highest BCUT2D eigenvalue weighted by atomic mass is 16.5. The van der Waals surface area contributed by atoms with Crippen molar-refractivity contribution in [2.45, 2.75) is 45.2 Å². The zero-order chi connectivity index (χ0) is 17.6. The van der Waals surface area contributed by atoms with Gasteiger partial charge >= 0.3 is 6.03 Å². The van der Waals surface area contributed by atoms with Gasteiger partial charge in [-0.15, -0.1) is 0 Å². The summed E-state index contributed by atoms with van der Waals surface area (Å²) in [6.45, 7) is 2.44. The zero-order valence-electron chi connectivity index (χ0n) is 14.8. The number of hydrogen-bond acceptors (Lipinski definition) is 3. The van der Waals surface area contributed by atoms with E-state index in [1.165, 1.54) is 11.1 Å². The van der Waals surface area contributed by atoms with Gasteiger partial charge in [-0.2, -0.15) is 0 Å². The Labute approximate surface area is 148 Å². The van der Waals surface area contributed by atoms with Crippen molar-refractivity contribution in [1.29, 1.82) is 0 Å². The molecule has 1 atom stereocenters. The van der Waals surface area contributed by atoms with Gasteiger partial charge < -0.3 is 15.4 Å². The first kappa shape index (κ1) is 17.3. The van der Waals surface area contributed by atoms with Crippen molar-refractivity contribution < 1.29 is 9.53 Å². The number of carbonyl (C=O) groups is 1. The number of urea groups is 1. The Balaban J connectivity index is 1.59. The van der Waals surface area contributed by atoms with Crippen molar-refractivity contribution in [2.24, 2.45) is 0 Å². The fourth-order valence-electron chi connectivity index (χ4n) is 3.41. The first-order valence-electron chi connectivity index (χ1n) is 8.77. The molecule has 0 fully saturated rings. The average Bonchev–Trinajstić information content (AvgIpc) is 2.82. The van der Waals surface area contributed by atoms with Crippen LogP contribution in [0.4, 0.5) is 4.79 Å². The maximum absolute atomic E-state index is 12.3. The quantitative estimate of drug-likeness (QED) is 0.841. The van der Waals surface area contributed by atoms with Crippen molar-refractivity contribution in [3.63, 3.8) is 0 Å². The molecule has 0 saturated heterocycles. The maximum atomic E-state index is 12.3. The maximum Gasteiger partial charge on any atom is 0.315 e. The lowest BCUT2D eigenvalue weighted by Gasteiger charge is -2.18. The minimum Gasteiger partial charge on any atom is -0.496 e. The third kappa shape index (κ3) is 4.29. The Morgan fingerprint density at radius 2 is 2.20 bits per heavy atom. The molecule has 132 valence electrons. The number of aryl methyl sites for hydroxylation is 1. The van der Waals surface area contributed by atoms with Gasteiger partial charge in [-0.1, -0.05) is 18.2 Å². The molecule has 0 saturated carbocycles. The van der Waals surface area contributed by atoms with Crippen LogP contribution in [-0.2, 0) is 19.4 Å². The van der Waals surface area contributed by atoms with Crippen molar-refractivity contribution in [3.8, 4) is 5.75 Å². The van der Waals surface area contributed by atoms with Gasteiger partial charge in [0.25, 0.3) is 0 Å². The molecule has 0 spiro atoms. The fraction of sp³-hybridized carbons (Fsp3) is 0.400. The number of carbonyl (C=O) groups excluding carboxylic acids is 1. The molecule has 1 heterocycles. The normalized spacial score (nSPS) is 16.5. The number of hydrogen-bond donors (Lipinski definition) is 2. The van der Waals surface area contributed by atoms with Crippen LogP contribution >= 0.6 is 0 Å². The van der Waals surface area contributed by atoms with Crippen LogP contribution in [-0.4, -0.2) is 24.2 Å². The topological polar surface area (TPSA) is 63.2 Å². The van der Waals surface area contributed by atoms with E-state index in [9.17, 15) is 4.79 Å². The molecule has 1 aromatic heterocycles. The molecule has 1 aliphatic carbocycles. The zero-order valence-corrected chi connectivity index (χ0v) is 14.8. The molecule has 5 heteroatoms. The Morgan fingerprint density at radius 3 is 3.00 bits per heavy atom. The average molecular weight is 339 g/mol. The van der Waals surface area contributed by atoms with Crippen LogP contribution in [0.15, 0.2) is 36.5 Å². The lowest BCUT2D eigenvalue weighted by Crippen LogP contribution is -2.42. The van der Waals surface area contributed by atoms with Crippen LogP contribution in [0.3, 0.4) is 0 Å². The fourth-order valence-corrected chi connectivity index (χ4v) is 3.41. The largest absolute Gasteiger partial charge is 0.496 e. The Bertz CT molecular complexity index is 745. The van der Waals surface area contributed by atoms with Gasteiger partial charge in [-0.05, 0) is 61.4 Å². The molecule has 1 aliphatic rings. The number of ether oxygens (including phenoxy) is 1. The second-order valence-electron chi connectivity index (χ2n) is 6.47. The number of rotatable bonds is 4. The molecule has 5 nitrogen and oxygen atoms in total. The van der Waals surface area contributed by atoms with Crippen LogP contribution in [0.5, 0.6) is 5.75 Å². The van der Waals surface area contributed by atoms with E-state index in [1.54, 1.807) is 13.3 Å². The summed E-state index contributed by atoms with van der Waals surface area (Å²) in [6.07, 6.45) is 5.60. The summed E-state index contributed by atoms with van der Waals surface area (Å²) in [4.78, 5) is 16.5. The summed E-state index contributed by atoms with van der Waals surface area (Å²) in [7, 11) is 1.71. The standard InChI is InChI=1S/C20H25N3O2/c1-14-16(7-5-11-21-14)13-22-20(24)23-17-8-4-9-18-15(12-17)6-3-10-19(18)25-2/h3,5-7,10-11,17H,4,8-9,12-13H2,1-2H3,(H2,22,23,24). The molecule has 2 amide bonds. The summed E-state index contributed by atoms with van der Waals surface area (Å²) in [5.41, 5.74) is 4.53. The highest BCUT2D eigenvalue weighted by Crippen LogP contribution is 2.28. The molecular formula is C20H25N3O2.